The molecule has 0 aliphatic rings. The number of imidazole rings is 1. The second kappa shape index (κ2) is 9.64. The number of hydrogen-bond donors (Lipinski definition) is 3. The van der Waals surface area contributed by atoms with Crippen LogP contribution in [0, 0.1) is 0 Å². The number of amidine groups is 1. The Kier molecular flexibility index (Phi) is 6.74. The van der Waals surface area contributed by atoms with Gasteiger partial charge in [-0.2, -0.15) is 10.2 Å². The number of carbonyl (C=O) groups excluding carboxylic acids is 1. The number of nitrogens with zero attached hydrogens (tertiary/aromatic N) is 5. The zero-order chi connectivity index (χ0) is 21.5. The van der Waals surface area contributed by atoms with E-state index in [0.717, 1.165) is 23.0 Å². The number of nitrogens with one attached hydrogen (secondary N) is 2. The third kappa shape index (κ3) is 4.80. The molecule has 9 heteroatoms. The minimum Gasteiger partial charge on any atom is -0.383 e. The van der Waals surface area contributed by atoms with Crippen LogP contribution in [0.1, 0.15) is 39.4 Å². The predicted molar refractivity (Wildman–Crippen MR) is 117 cm³/mol. The number of aromatic nitrogens is 5. The second-order valence-electron chi connectivity index (χ2n) is 6.68. The van der Waals surface area contributed by atoms with Crippen LogP contribution in [0.15, 0.2) is 58.9 Å². The number of rotatable bonds is 8. The summed E-state index contributed by atoms with van der Waals surface area (Å²) in [5.74, 6) is 0.964. The van der Waals surface area contributed by atoms with Crippen molar-refractivity contribution in [3.05, 3.63) is 59.7 Å². The molecule has 0 atom stereocenters. The number of aromatic amines is 1. The van der Waals surface area contributed by atoms with E-state index in [9.17, 15) is 4.79 Å². The summed E-state index contributed by atoms with van der Waals surface area (Å²) in [6, 6.07) is 7.70. The van der Waals surface area contributed by atoms with Gasteiger partial charge in [0.15, 0.2) is 5.82 Å². The normalized spacial score (nSPS) is 13.4. The Morgan fingerprint density at radius 1 is 1.27 bits per heavy atom. The van der Waals surface area contributed by atoms with Gasteiger partial charge >= 0.3 is 0 Å². The van der Waals surface area contributed by atoms with E-state index in [4.69, 9.17) is 5.73 Å². The lowest BCUT2D eigenvalue weighted by Gasteiger charge is -2.10. The largest absolute Gasteiger partial charge is 0.383 e. The molecular formula is C21H26N8O. The molecule has 3 rings (SSSR count). The number of para-hydroxylation sites is 2. The van der Waals surface area contributed by atoms with E-state index >= 15 is 0 Å². The van der Waals surface area contributed by atoms with Gasteiger partial charge in [-0.05, 0) is 37.5 Å². The first-order chi connectivity index (χ1) is 14.5. The molecule has 30 heavy (non-hydrogen) atoms. The predicted octanol–water partition coefficient (Wildman–Crippen LogP) is 2.76. The Labute approximate surface area is 174 Å². The summed E-state index contributed by atoms with van der Waals surface area (Å²) in [5.41, 5.74) is 9.26. The molecule has 0 unspecified atom stereocenters. The molecule has 2 heterocycles. The summed E-state index contributed by atoms with van der Waals surface area (Å²) in [6.07, 6.45) is 6.27. The quantitative estimate of drug-likeness (QED) is 0.301. The highest BCUT2D eigenvalue weighted by Crippen LogP contribution is 2.15. The van der Waals surface area contributed by atoms with Crippen LogP contribution in [-0.2, 0) is 11.3 Å². The Hall–Kier alpha value is -3.75. The van der Waals surface area contributed by atoms with Crippen LogP contribution in [0.5, 0.6) is 0 Å². The summed E-state index contributed by atoms with van der Waals surface area (Å²) in [7, 11) is 0. The molecule has 4 N–H and O–H groups in total. The Morgan fingerprint density at radius 2 is 2.00 bits per heavy atom. The molecule has 0 aliphatic heterocycles. The molecule has 0 radical (unpaired) electrons. The van der Waals surface area contributed by atoms with Crippen molar-refractivity contribution in [1.82, 2.24) is 30.3 Å². The van der Waals surface area contributed by atoms with Gasteiger partial charge in [-0.25, -0.2) is 9.98 Å². The summed E-state index contributed by atoms with van der Waals surface area (Å²) >= 11 is 0. The Balaban J connectivity index is 1.80. The van der Waals surface area contributed by atoms with Crippen molar-refractivity contribution in [2.45, 2.75) is 40.2 Å². The molecule has 0 saturated carbocycles. The molecule has 0 spiro atoms. The van der Waals surface area contributed by atoms with Crippen molar-refractivity contribution in [2.75, 3.05) is 0 Å². The van der Waals surface area contributed by atoms with Gasteiger partial charge < -0.3 is 16.0 Å². The standard InChI is InChI=1S/C21H26N8O/c1-4-8-15(19(22)28-20(14(3)5-2)29-24-11-12-25-29)21(30)23-13-18-26-16-9-6-7-10-17(16)27-18/h6-12H,4-5,13H2,1-3H3,(H2,22,28)(H,23,30)(H,26,27)/b15-8-,20-14-. The van der Waals surface area contributed by atoms with Gasteiger partial charge in [0.2, 0.25) is 0 Å². The average molecular weight is 406 g/mol. The van der Waals surface area contributed by atoms with E-state index in [0.29, 0.717) is 23.6 Å². The number of carbonyl (C=O) groups is 1. The second-order valence-corrected chi connectivity index (χ2v) is 6.68. The summed E-state index contributed by atoms with van der Waals surface area (Å²) in [6.45, 7) is 6.12. The van der Waals surface area contributed by atoms with Crippen LogP contribution >= 0.6 is 0 Å². The number of H-pyrrole nitrogens is 1. The van der Waals surface area contributed by atoms with Crippen molar-refractivity contribution in [1.29, 1.82) is 0 Å². The smallest absolute Gasteiger partial charge is 0.255 e. The van der Waals surface area contributed by atoms with Crippen LogP contribution in [0.3, 0.4) is 0 Å². The molecule has 0 bridgehead atoms. The van der Waals surface area contributed by atoms with Gasteiger partial charge in [-0.3, -0.25) is 4.79 Å². The topological polar surface area (TPSA) is 127 Å². The third-order valence-corrected chi connectivity index (χ3v) is 4.53. The van der Waals surface area contributed by atoms with Crippen LogP contribution in [-0.4, -0.2) is 36.7 Å². The third-order valence-electron chi connectivity index (χ3n) is 4.53. The summed E-state index contributed by atoms with van der Waals surface area (Å²) in [4.78, 5) is 26.4. The van der Waals surface area contributed by atoms with E-state index in [2.05, 4.69) is 30.5 Å². The molecule has 156 valence electrons. The monoisotopic (exact) mass is 406 g/mol. The maximum absolute atomic E-state index is 12.8. The molecule has 0 fully saturated rings. The fraction of sp³-hybridized carbons (Fsp3) is 0.286. The van der Waals surface area contributed by atoms with Crippen LogP contribution in [0.25, 0.3) is 16.9 Å². The molecule has 9 nitrogen and oxygen atoms in total. The molecule has 1 amide bonds. The lowest BCUT2D eigenvalue weighted by molar-refractivity contribution is -0.117. The van der Waals surface area contributed by atoms with Gasteiger partial charge in [0, 0.05) is 0 Å². The minimum absolute atomic E-state index is 0.110. The first-order valence-electron chi connectivity index (χ1n) is 9.86. The summed E-state index contributed by atoms with van der Waals surface area (Å²) < 4.78 is 0. The van der Waals surface area contributed by atoms with E-state index in [1.165, 1.54) is 4.80 Å². The molecule has 1 aromatic carbocycles. The van der Waals surface area contributed by atoms with Crippen molar-refractivity contribution in [2.24, 2.45) is 10.7 Å². The highest BCUT2D eigenvalue weighted by Gasteiger charge is 2.16. The van der Waals surface area contributed by atoms with Crippen molar-refractivity contribution < 1.29 is 4.79 Å². The molecular weight excluding hydrogens is 380 g/mol. The number of fused-ring (bicyclic) bond motifs is 1. The maximum Gasteiger partial charge on any atom is 0.255 e. The first kappa shape index (κ1) is 21.0. The van der Waals surface area contributed by atoms with Crippen molar-refractivity contribution in [3.63, 3.8) is 0 Å². The maximum atomic E-state index is 12.8. The van der Waals surface area contributed by atoms with Crippen LogP contribution < -0.4 is 11.1 Å². The highest BCUT2D eigenvalue weighted by molar-refractivity contribution is 6.20. The average Bonchev–Trinajstić information content (AvgIpc) is 3.43. The number of nitrogens with two attached hydrogens (primary N) is 1. The van der Waals surface area contributed by atoms with Crippen molar-refractivity contribution in [3.8, 4) is 0 Å². The van der Waals surface area contributed by atoms with E-state index in [1.54, 1.807) is 18.5 Å². The van der Waals surface area contributed by atoms with Crippen molar-refractivity contribution >= 4 is 28.6 Å². The minimum atomic E-state index is -0.319. The van der Waals surface area contributed by atoms with E-state index in [-0.39, 0.29) is 18.3 Å². The first-order valence-corrected chi connectivity index (χ1v) is 9.86. The van der Waals surface area contributed by atoms with E-state index < -0.39 is 0 Å². The fourth-order valence-corrected chi connectivity index (χ4v) is 2.83. The molecule has 2 aromatic heterocycles. The van der Waals surface area contributed by atoms with Gasteiger partial charge in [0.25, 0.3) is 5.91 Å². The number of amides is 1. The number of allylic oxidation sites excluding steroid dienone is 2. The summed E-state index contributed by atoms with van der Waals surface area (Å²) in [5, 5.41) is 11.1. The van der Waals surface area contributed by atoms with E-state index in [1.807, 2.05) is 45.0 Å². The van der Waals surface area contributed by atoms with Gasteiger partial charge in [0.1, 0.15) is 11.7 Å². The molecule has 3 aromatic rings. The Morgan fingerprint density at radius 3 is 2.67 bits per heavy atom. The number of benzene rings is 1. The lowest BCUT2D eigenvalue weighted by atomic mass is 10.2. The highest BCUT2D eigenvalue weighted by atomic mass is 16.1. The van der Waals surface area contributed by atoms with Gasteiger partial charge in [0.05, 0.1) is 35.5 Å². The Bertz CT molecular complexity index is 1070. The molecule has 0 saturated heterocycles. The zero-order valence-corrected chi connectivity index (χ0v) is 17.4. The number of aliphatic imine (C=N–C) groups is 1. The number of hydrogen-bond acceptors (Lipinski definition) is 5. The zero-order valence-electron chi connectivity index (χ0n) is 17.4. The van der Waals surface area contributed by atoms with Gasteiger partial charge in [-0.15, -0.1) is 4.80 Å². The van der Waals surface area contributed by atoms with Crippen LogP contribution in [0.2, 0.25) is 0 Å². The SMILES string of the molecule is CC/C=C(C(=O)NCc1nc2ccccc2[nH]1)/C(N)=N\C(=C(/C)CC)n1nccn1. The molecule has 0 aliphatic carbocycles. The van der Waals surface area contributed by atoms with Gasteiger partial charge in [-0.1, -0.05) is 32.1 Å². The lowest BCUT2D eigenvalue weighted by Crippen LogP contribution is -2.32. The fourth-order valence-electron chi connectivity index (χ4n) is 2.83. The van der Waals surface area contributed by atoms with Crippen LogP contribution in [0.4, 0.5) is 0 Å².